The number of aliphatic carboxylic acids is 1. The molecule has 4 nitrogen and oxygen atoms in total. The molecule has 0 spiro atoms. The molecule has 0 aromatic carbocycles. The maximum absolute atomic E-state index is 10.4. The van der Waals surface area contributed by atoms with Crippen molar-refractivity contribution in [2.24, 2.45) is 0 Å². The van der Waals surface area contributed by atoms with E-state index >= 15 is 0 Å². The number of carbonyl (C=O) groups is 1. The van der Waals surface area contributed by atoms with Crippen molar-refractivity contribution in [1.29, 1.82) is 0 Å². The fourth-order valence-electron chi connectivity index (χ4n) is 2.69. The smallest absolute Gasteiger partial charge is 0.303 e. The molecule has 1 aliphatic heterocycles. The summed E-state index contributed by atoms with van der Waals surface area (Å²) < 4.78 is 5.66. The van der Waals surface area contributed by atoms with Crippen LogP contribution in [0.25, 0.3) is 0 Å². The van der Waals surface area contributed by atoms with E-state index in [-0.39, 0.29) is 0 Å². The molecule has 1 saturated heterocycles. The van der Waals surface area contributed by atoms with Crippen molar-refractivity contribution in [3.05, 3.63) is 12.2 Å². The van der Waals surface area contributed by atoms with Crippen LogP contribution in [0.3, 0.4) is 0 Å². The Morgan fingerprint density at radius 1 is 0.909 bits per heavy atom. The average Bonchev–Trinajstić information content (AvgIpc) is 3.23. The Hall–Kier alpha value is -0.870. The summed E-state index contributed by atoms with van der Waals surface area (Å²) in [4.78, 5) is 10.4. The third kappa shape index (κ3) is 10.8. The number of epoxide rings is 1. The van der Waals surface area contributed by atoms with Crippen molar-refractivity contribution in [2.75, 3.05) is 6.61 Å². The highest BCUT2D eigenvalue weighted by Gasteiger charge is 2.36. The molecule has 0 radical (unpaired) electrons. The number of hydrogen-bond donors (Lipinski definition) is 2. The second-order valence-corrected chi connectivity index (χ2v) is 6.19. The largest absolute Gasteiger partial charge is 0.481 e. The highest BCUT2D eigenvalue weighted by atomic mass is 16.6. The molecule has 1 rings (SSSR count). The van der Waals surface area contributed by atoms with Crippen LogP contribution in [-0.2, 0) is 9.53 Å². The van der Waals surface area contributed by atoms with Crippen molar-refractivity contribution >= 4 is 5.97 Å². The number of allylic oxidation sites excluding steroid dienone is 1. The molecule has 0 aromatic rings. The number of unbranched alkanes of at least 4 members (excludes halogenated alkanes) is 7. The van der Waals surface area contributed by atoms with Crippen molar-refractivity contribution in [1.82, 2.24) is 0 Å². The third-order valence-corrected chi connectivity index (χ3v) is 4.13. The third-order valence-electron chi connectivity index (χ3n) is 4.13. The minimum atomic E-state index is -0.685. The van der Waals surface area contributed by atoms with Crippen LogP contribution < -0.4 is 0 Å². The predicted molar refractivity (Wildman–Crippen MR) is 87.9 cm³/mol. The Labute approximate surface area is 134 Å². The van der Waals surface area contributed by atoms with Crippen LogP contribution in [0.15, 0.2) is 12.2 Å². The Kier molecular flexibility index (Phi) is 11.0. The summed E-state index contributed by atoms with van der Waals surface area (Å²) in [6, 6.07) is 0. The molecule has 1 aliphatic rings. The summed E-state index contributed by atoms with van der Waals surface area (Å²) in [5.74, 6) is -0.685. The van der Waals surface area contributed by atoms with Crippen LogP contribution in [0.2, 0.25) is 0 Å². The number of aliphatic hydroxyl groups is 1. The van der Waals surface area contributed by atoms with Crippen molar-refractivity contribution in [2.45, 2.75) is 89.3 Å². The van der Waals surface area contributed by atoms with Gasteiger partial charge in [-0.25, -0.2) is 0 Å². The lowest BCUT2D eigenvalue weighted by Crippen LogP contribution is -1.94. The molecule has 0 saturated carbocycles. The monoisotopic (exact) mass is 312 g/mol. The van der Waals surface area contributed by atoms with E-state index in [1.165, 1.54) is 12.8 Å². The van der Waals surface area contributed by atoms with E-state index in [0.29, 0.717) is 25.2 Å². The second kappa shape index (κ2) is 12.7. The zero-order valence-corrected chi connectivity index (χ0v) is 13.7. The Bertz CT molecular complexity index is 314. The van der Waals surface area contributed by atoms with Gasteiger partial charge in [0.15, 0.2) is 0 Å². The maximum atomic E-state index is 10.4. The molecular formula is C18H32O4. The van der Waals surface area contributed by atoms with E-state index in [0.717, 1.165) is 57.8 Å². The summed E-state index contributed by atoms with van der Waals surface area (Å²) in [6.07, 6.45) is 17.5. The number of carboxylic acids is 1. The van der Waals surface area contributed by atoms with Crippen LogP contribution in [0.5, 0.6) is 0 Å². The number of hydrogen-bond acceptors (Lipinski definition) is 3. The molecular weight excluding hydrogens is 280 g/mol. The fraction of sp³-hybridized carbons (Fsp3) is 0.833. The standard InChI is InChI=1S/C18H32O4/c19-15-11-7-2-1-4-8-12-16-17(22-16)13-9-5-3-6-10-14-18(20)21/h4,8,16-17,19H,1-3,5-7,9-15H2,(H,20,21)/b8-4+. The van der Waals surface area contributed by atoms with Crippen molar-refractivity contribution in [3.8, 4) is 0 Å². The van der Waals surface area contributed by atoms with Crippen LogP contribution >= 0.6 is 0 Å². The van der Waals surface area contributed by atoms with Crippen LogP contribution in [0.4, 0.5) is 0 Å². The summed E-state index contributed by atoms with van der Waals surface area (Å²) in [5.41, 5.74) is 0. The molecule has 0 aliphatic carbocycles. The fourth-order valence-corrected chi connectivity index (χ4v) is 2.69. The first-order valence-corrected chi connectivity index (χ1v) is 8.87. The molecule has 1 heterocycles. The topological polar surface area (TPSA) is 70.1 Å². The average molecular weight is 312 g/mol. The SMILES string of the molecule is O=C(O)CCCCCCCC1OC1C/C=C/CCCCCO. The van der Waals surface area contributed by atoms with Gasteiger partial charge < -0.3 is 14.9 Å². The highest BCUT2D eigenvalue weighted by molar-refractivity contribution is 5.66. The lowest BCUT2D eigenvalue weighted by Gasteiger charge is -1.99. The molecule has 1 fully saturated rings. The predicted octanol–water partition coefficient (Wildman–Crippen LogP) is 4.07. The maximum Gasteiger partial charge on any atom is 0.303 e. The van der Waals surface area contributed by atoms with Gasteiger partial charge in [-0.3, -0.25) is 4.79 Å². The second-order valence-electron chi connectivity index (χ2n) is 6.19. The molecule has 22 heavy (non-hydrogen) atoms. The lowest BCUT2D eigenvalue weighted by atomic mass is 10.1. The normalized spacial score (nSPS) is 20.6. The van der Waals surface area contributed by atoms with Gasteiger partial charge >= 0.3 is 5.97 Å². The highest BCUT2D eigenvalue weighted by Crippen LogP contribution is 2.30. The first-order valence-electron chi connectivity index (χ1n) is 8.87. The van der Waals surface area contributed by atoms with Crippen LogP contribution in [0.1, 0.15) is 77.0 Å². The minimum absolute atomic E-state index is 0.306. The molecule has 0 aromatic heterocycles. The van der Waals surface area contributed by atoms with Gasteiger partial charge in [0.25, 0.3) is 0 Å². The van der Waals surface area contributed by atoms with Gasteiger partial charge in [0.05, 0.1) is 12.2 Å². The van der Waals surface area contributed by atoms with Gasteiger partial charge in [0.2, 0.25) is 0 Å². The Morgan fingerprint density at radius 2 is 1.64 bits per heavy atom. The van der Waals surface area contributed by atoms with Crippen molar-refractivity contribution < 1.29 is 19.7 Å². The van der Waals surface area contributed by atoms with E-state index in [9.17, 15) is 4.79 Å². The van der Waals surface area contributed by atoms with E-state index < -0.39 is 5.97 Å². The van der Waals surface area contributed by atoms with E-state index in [1.54, 1.807) is 0 Å². The molecule has 0 amide bonds. The first kappa shape index (κ1) is 19.2. The summed E-state index contributed by atoms with van der Waals surface area (Å²) in [5, 5.41) is 17.2. The number of ether oxygens (including phenoxy) is 1. The Balaban J connectivity index is 1.82. The summed E-state index contributed by atoms with van der Waals surface area (Å²) >= 11 is 0. The first-order chi connectivity index (χ1) is 10.7. The van der Waals surface area contributed by atoms with Gasteiger partial charge in [0, 0.05) is 13.0 Å². The summed E-state index contributed by atoms with van der Waals surface area (Å²) in [6.45, 7) is 0.306. The van der Waals surface area contributed by atoms with Gasteiger partial charge in [-0.2, -0.15) is 0 Å². The zero-order valence-electron chi connectivity index (χ0n) is 13.7. The molecule has 0 bridgehead atoms. The molecule has 2 N–H and O–H groups in total. The van der Waals surface area contributed by atoms with Gasteiger partial charge in [0.1, 0.15) is 0 Å². The number of carboxylic acid groups (broad SMARTS) is 1. The molecule has 4 heteroatoms. The minimum Gasteiger partial charge on any atom is -0.481 e. The Morgan fingerprint density at radius 3 is 2.41 bits per heavy atom. The van der Waals surface area contributed by atoms with Gasteiger partial charge in [-0.15, -0.1) is 0 Å². The van der Waals surface area contributed by atoms with E-state index in [1.807, 2.05) is 0 Å². The zero-order chi connectivity index (χ0) is 16.0. The summed E-state index contributed by atoms with van der Waals surface area (Å²) in [7, 11) is 0. The van der Waals surface area contributed by atoms with Crippen molar-refractivity contribution in [3.63, 3.8) is 0 Å². The molecule has 2 unspecified atom stereocenters. The van der Waals surface area contributed by atoms with Crippen LogP contribution in [0, 0.1) is 0 Å². The van der Waals surface area contributed by atoms with E-state index in [4.69, 9.17) is 14.9 Å². The number of aliphatic hydroxyl groups excluding tert-OH is 1. The van der Waals surface area contributed by atoms with E-state index in [2.05, 4.69) is 12.2 Å². The van der Waals surface area contributed by atoms with Crippen LogP contribution in [-0.4, -0.2) is 35.0 Å². The lowest BCUT2D eigenvalue weighted by molar-refractivity contribution is -0.137. The number of rotatable bonds is 15. The van der Waals surface area contributed by atoms with Gasteiger partial charge in [-0.1, -0.05) is 44.3 Å². The molecule has 128 valence electrons. The molecule has 2 atom stereocenters. The van der Waals surface area contributed by atoms with Gasteiger partial charge in [-0.05, 0) is 38.5 Å². The quantitative estimate of drug-likeness (QED) is 0.272.